The molecule has 2 fully saturated rings. The molecule has 1 aliphatic heterocycles. The molecule has 150 valence electrons. The van der Waals surface area contributed by atoms with Crippen molar-refractivity contribution in [3.8, 4) is 0 Å². The quantitative estimate of drug-likeness (QED) is 0.758. The van der Waals surface area contributed by atoms with Gasteiger partial charge in [-0.05, 0) is 50.5 Å². The Labute approximate surface area is 167 Å². The van der Waals surface area contributed by atoms with Crippen LogP contribution >= 0.6 is 11.3 Å². The number of benzene rings is 1. The van der Waals surface area contributed by atoms with Gasteiger partial charge in [0.15, 0.2) is 0 Å². The Kier molecular flexibility index (Phi) is 4.63. The Balaban J connectivity index is 1.68. The molecule has 2 heterocycles. The average molecular weight is 424 g/mol. The van der Waals surface area contributed by atoms with Crippen LogP contribution in [-0.2, 0) is 10.1 Å². The summed E-state index contributed by atoms with van der Waals surface area (Å²) in [5.74, 6) is -1.18. The number of hydrogen-bond donors (Lipinski definition) is 1. The van der Waals surface area contributed by atoms with Gasteiger partial charge >= 0.3 is 0 Å². The van der Waals surface area contributed by atoms with Crippen LogP contribution < -0.4 is 0 Å². The zero-order valence-corrected chi connectivity index (χ0v) is 17.3. The second-order valence-corrected chi connectivity index (χ2v) is 10.5. The van der Waals surface area contributed by atoms with Gasteiger partial charge in [0, 0.05) is 23.3 Å². The van der Waals surface area contributed by atoms with Gasteiger partial charge in [0.1, 0.15) is 5.67 Å². The summed E-state index contributed by atoms with van der Waals surface area (Å²) < 4.78 is 49.5. The van der Waals surface area contributed by atoms with E-state index in [-0.39, 0.29) is 23.3 Å². The molecule has 1 aromatic heterocycles. The lowest BCUT2D eigenvalue weighted by atomic mass is 9.83. The minimum absolute atomic E-state index is 0.0586. The highest BCUT2D eigenvalue weighted by molar-refractivity contribution is 7.85. The predicted molar refractivity (Wildman–Crippen MR) is 105 cm³/mol. The molecule has 5 nitrogen and oxygen atoms in total. The molecule has 0 radical (unpaired) electrons. The van der Waals surface area contributed by atoms with Crippen molar-refractivity contribution in [1.82, 2.24) is 4.90 Å². The molecule has 0 unspecified atom stereocenters. The molecule has 1 amide bonds. The van der Waals surface area contributed by atoms with Crippen LogP contribution in [0.5, 0.6) is 0 Å². The third-order valence-electron chi connectivity index (χ3n) is 5.99. The van der Waals surface area contributed by atoms with Gasteiger partial charge in [-0.1, -0.05) is 17.7 Å². The molecule has 3 atom stereocenters. The molecule has 2 aliphatic rings. The summed E-state index contributed by atoms with van der Waals surface area (Å²) in [6, 6.07) is 8.20. The lowest BCUT2D eigenvalue weighted by Crippen LogP contribution is -2.37. The van der Waals surface area contributed by atoms with Gasteiger partial charge in [-0.15, -0.1) is 11.3 Å². The highest BCUT2D eigenvalue weighted by atomic mass is 32.2. The summed E-state index contributed by atoms with van der Waals surface area (Å²) in [5, 5.41) is 0. The molecule has 0 bridgehead atoms. The minimum atomic E-state index is -4.46. The monoisotopic (exact) mass is 423 g/mol. The average Bonchev–Trinajstić information content (AvgIpc) is 3.25. The fourth-order valence-corrected chi connectivity index (χ4v) is 6.26. The van der Waals surface area contributed by atoms with E-state index in [4.69, 9.17) is 0 Å². The van der Waals surface area contributed by atoms with Crippen molar-refractivity contribution >= 4 is 27.4 Å². The summed E-state index contributed by atoms with van der Waals surface area (Å²) >= 11 is 1.39. The van der Waals surface area contributed by atoms with Crippen LogP contribution in [0.4, 0.5) is 4.39 Å². The topological polar surface area (TPSA) is 74.7 Å². The number of carbonyl (C=O) groups is 1. The van der Waals surface area contributed by atoms with Crippen molar-refractivity contribution in [2.45, 2.75) is 43.2 Å². The third-order valence-corrected chi connectivity index (χ3v) is 7.91. The molecule has 1 N–H and O–H groups in total. The van der Waals surface area contributed by atoms with E-state index in [1.807, 2.05) is 13.0 Å². The van der Waals surface area contributed by atoms with Crippen molar-refractivity contribution in [2.24, 2.45) is 5.92 Å². The van der Waals surface area contributed by atoms with E-state index in [2.05, 4.69) is 0 Å². The maximum Gasteiger partial charge on any atom is 0.294 e. The predicted octanol–water partition coefficient (Wildman–Crippen LogP) is 3.97. The van der Waals surface area contributed by atoms with Gasteiger partial charge in [0.05, 0.1) is 16.3 Å². The summed E-state index contributed by atoms with van der Waals surface area (Å²) in [7, 11) is -4.46. The molecule has 8 heteroatoms. The van der Waals surface area contributed by atoms with Gasteiger partial charge in [-0.25, -0.2) is 4.39 Å². The first kappa shape index (κ1) is 19.5. The summed E-state index contributed by atoms with van der Waals surface area (Å²) in [5.41, 5.74) is -0.585. The first-order chi connectivity index (χ1) is 13.1. The maximum absolute atomic E-state index is 16.2. The zero-order valence-electron chi connectivity index (χ0n) is 15.7. The van der Waals surface area contributed by atoms with Crippen molar-refractivity contribution in [3.63, 3.8) is 0 Å². The first-order valence-electron chi connectivity index (χ1n) is 9.22. The molecule has 1 aliphatic carbocycles. The zero-order chi connectivity index (χ0) is 20.3. The molecule has 1 saturated carbocycles. The Morgan fingerprint density at radius 3 is 2.64 bits per heavy atom. The summed E-state index contributed by atoms with van der Waals surface area (Å²) in [6.07, 6.45) is 1.07. The number of carbonyl (C=O) groups excluding carboxylic acids is 1. The SMILES string of the molecule is Cc1ccc(S(=O)(=O)O)c([C@H]2CC[C@H]3CN(C(=O)c4ccc(C)s4)C[C@]32F)c1. The van der Waals surface area contributed by atoms with Gasteiger partial charge < -0.3 is 4.90 Å². The third kappa shape index (κ3) is 3.17. The number of thiophene rings is 1. The largest absolute Gasteiger partial charge is 0.334 e. The lowest BCUT2D eigenvalue weighted by molar-refractivity contribution is 0.0735. The molecule has 1 aromatic carbocycles. The molecule has 4 rings (SSSR count). The second kappa shape index (κ2) is 6.64. The van der Waals surface area contributed by atoms with E-state index >= 15 is 4.39 Å². The van der Waals surface area contributed by atoms with E-state index in [0.29, 0.717) is 29.8 Å². The number of halogens is 1. The lowest BCUT2D eigenvalue weighted by Gasteiger charge is -2.29. The van der Waals surface area contributed by atoms with E-state index < -0.39 is 21.7 Å². The molecular weight excluding hydrogens is 401 g/mol. The second-order valence-electron chi connectivity index (χ2n) is 7.87. The van der Waals surface area contributed by atoms with E-state index in [0.717, 1.165) is 10.4 Å². The standard InChI is InChI=1S/C20H22FNO4S2/c1-12-3-8-18(28(24,25)26)15(9-12)16-6-5-14-10-22(11-20(14,16)21)19(23)17-7-4-13(2)27-17/h3-4,7-9,14,16H,5-6,10-11H2,1-2H3,(H,24,25,26)/t14-,16+,20-/m0/s1. The molecular formula is C20H22FNO4S2. The molecule has 2 aromatic rings. The van der Waals surface area contributed by atoms with Crippen LogP contribution in [0.25, 0.3) is 0 Å². The highest BCUT2D eigenvalue weighted by Crippen LogP contribution is 2.54. The Morgan fingerprint density at radius 1 is 1.25 bits per heavy atom. The van der Waals surface area contributed by atoms with Gasteiger partial charge in [0.2, 0.25) is 0 Å². The Bertz CT molecular complexity index is 1050. The van der Waals surface area contributed by atoms with Crippen LogP contribution in [0, 0.1) is 19.8 Å². The van der Waals surface area contributed by atoms with Crippen LogP contribution in [0.15, 0.2) is 35.2 Å². The Morgan fingerprint density at radius 2 is 2.00 bits per heavy atom. The summed E-state index contributed by atoms with van der Waals surface area (Å²) in [6.45, 7) is 3.99. The molecule has 0 spiro atoms. The number of nitrogens with zero attached hydrogens (tertiary/aromatic N) is 1. The van der Waals surface area contributed by atoms with E-state index in [1.54, 1.807) is 30.0 Å². The number of alkyl halides is 1. The van der Waals surface area contributed by atoms with Crippen LogP contribution in [0.1, 0.15) is 44.4 Å². The van der Waals surface area contributed by atoms with Gasteiger partial charge in [0.25, 0.3) is 16.0 Å². The van der Waals surface area contributed by atoms with Gasteiger partial charge in [-0.2, -0.15) is 8.42 Å². The number of rotatable bonds is 3. The summed E-state index contributed by atoms with van der Waals surface area (Å²) in [4.78, 5) is 15.7. The van der Waals surface area contributed by atoms with Crippen LogP contribution in [0.3, 0.4) is 0 Å². The van der Waals surface area contributed by atoms with Crippen LogP contribution in [0.2, 0.25) is 0 Å². The van der Waals surface area contributed by atoms with Crippen LogP contribution in [-0.4, -0.2) is 42.5 Å². The number of likely N-dealkylation sites (tertiary alicyclic amines) is 1. The van der Waals surface area contributed by atoms with Crippen molar-refractivity contribution in [3.05, 3.63) is 51.2 Å². The maximum atomic E-state index is 16.2. The Hall–Kier alpha value is -1.77. The minimum Gasteiger partial charge on any atom is -0.334 e. The van der Waals surface area contributed by atoms with E-state index in [9.17, 15) is 17.8 Å². The van der Waals surface area contributed by atoms with E-state index in [1.165, 1.54) is 17.4 Å². The fraction of sp³-hybridized carbons (Fsp3) is 0.450. The number of hydrogen-bond acceptors (Lipinski definition) is 4. The van der Waals surface area contributed by atoms with Gasteiger partial charge in [-0.3, -0.25) is 9.35 Å². The molecule has 1 saturated heterocycles. The molecule has 28 heavy (non-hydrogen) atoms. The first-order valence-corrected chi connectivity index (χ1v) is 11.5. The number of amides is 1. The highest BCUT2D eigenvalue weighted by Gasteiger charge is 2.58. The fourth-order valence-electron chi connectivity index (χ4n) is 4.69. The smallest absolute Gasteiger partial charge is 0.294 e. The van der Waals surface area contributed by atoms with Crippen molar-refractivity contribution in [2.75, 3.05) is 13.1 Å². The number of aryl methyl sites for hydroxylation is 2. The number of fused-ring (bicyclic) bond motifs is 1. The normalized spacial score (nSPS) is 27.2. The van der Waals surface area contributed by atoms with Crippen molar-refractivity contribution < 1.29 is 22.2 Å². The van der Waals surface area contributed by atoms with Crippen molar-refractivity contribution in [1.29, 1.82) is 0 Å².